The van der Waals surface area contributed by atoms with E-state index >= 15 is 0 Å². The number of hydrogen-bond acceptors (Lipinski definition) is 6. The molecule has 0 radical (unpaired) electrons. The molecule has 3 aromatic rings. The summed E-state index contributed by atoms with van der Waals surface area (Å²) < 4.78 is 12.0. The maximum atomic E-state index is 12.0. The lowest BCUT2D eigenvalue weighted by Crippen LogP contribution is -2.33. The molecule has 0 unspecified atom stereocenters. The molecule has 9 nitrogen and oxygen atoms in total. The Labute approximate surface area is 171 Å². The van der Waals surface area contributed by atoms with Crippen molar-refractivity contribution in [3.8, 4) is 0 Å². The largest absolute Gasteiger partial charge is 0.477 e. The highest BCUT2D eigenvalue weighted by Gasteiger charge is 2.61. The van der Waals surface area contributed by atoms with Gasteiger partial charge in [0.15, 0.2) is 5.82 Å². The van der Waals surface area contributed by atoms with Crippen LogP contribution in [-0.2, 0) is 10.3 Å². The summed E-state index contributed by atoms with van der Waals surface area (Å²) in [5.41, 5.74) is 0.451. The van der Waals surface area contributed by atoms with Gasteiger partial charge in [0.05, 0.1) is 11.7 Å². The fraction of sp³-hybridized carbons (Fsp3) is 0.476. The lowest BCUT2D eigenvalue weighted by Gasteiger charge is -2.35. The van der Waals surface area contributed by atoms with Crippen molar-refractivity contribution >= 4 is 16.9 Å². The van der Waals surface area contributed by atoms with Gasteiger partial charge < -0.3 is 19.5 Å². The summed E-state index contributed by atoms with van der Waals surface area (Å²) in [5, 5.41) is 24.8. The third kappa shape index (κ3) is 2.80. The van der Waals surface area contributed by atoms with E-state index in [0.717, 1.165) is 23.8 Å². The molecule has 3 heterocycles. The minimum atomic E-state index is -1.16. The van der Waals surface area contributed by atoms with E-state index in [2.05, 4.69) is 28.5 Å². The summed E-state index contributed by atoms with van der Waals surface area (Å²) in [6.45, 7) is 4.84. The van der Waals surface area contributed by atoms with Crippen molar-refractivity contribution in [2.45, 2.75) is 56.3 Å². The predicted molar refractivity (Wildman–Crippen MR) is 106 cm³/mol. The van der Waals surface area contributed by atoms with Gasteiger partial charge in [-0.15, -0.1) is 0 Å². The van der Waals surface area contributed by atoms with E-state index < -0.39 is 23.4 Å². The van der Waals surface area contributed by atoms with Crippen LogP contribution < -0.4 is 5.76 Å². The highest BCUT2D eigenvalue weighted by Crippen LogP contribution is 2.51. The molecular weight excluding hydrogens is 390 g/mol. The maximum absolute atomic E-state index is 12.0. The van der Waals surface area contributed by atoms with Gasteiger partial charge in [0, 0.05) is 23.9 Å². The number of aromatic nitrogens is 3. The second kappa shape index (κ2) is 6.29. The molecule has 0 amide bonds. The second-order valence-corrected chi connectivity index (χ2v) is 8.87. The molecule has 2 fully saturated rings. The van der Waals surface area contributed by atoms with Crippen LogP contribution in [-0.4, -0.2) is 49.2 Å². The van der Waals surface area contributed by atoms with Crippen molar-refractivity contribution in [1.82, 2.24) is 14.7 Å². The Balaban J connectivity index is 1.65. The predicted octanol–water partition coefficient (Wildman–Crippen LogP) is 2.20. The SMILES string of the molecule is CC1(C)C[C@@H](c2ccc3c(c2)cc(C(=O)O)n3[C@]2(c3noc(=O)[nH]3)C[C@H]2O)CCO1. The van der Waals surface area contributed by atoms with Gasteiger partial charge in [0.25, 0.3) is 0 Å². The van der Waals surface area contributed by atoms with Crippen molar-refractivity contribution in [2.75, 3.05) is 6.61 Å². The third-order valence-corrected chi connectivity index (χ3v) is 6.36. The second-order valence-electron chi connectivity index (χ2n) is 8.87. The van der Waals surface area contributed by atoms with E-state index in [0.29, 0.717) is 18.0 Å². The Morgan fingerprint density at radius 1 is 1.30 bits per heavy atom. The molecule has 1 saturated heterocycles. The van der Waals surface area contributed by atoms with Crippen LogP contribution in [0.5, 0.6) is 0 Å². The first-order valence-electron chi connectivity index (χ1n) is 9.99. The number of aromatic carboxylic acids is 1. The van der Waals surface area contributed by atoms with Gasteiger partial charge in [-0.05, 0) is 56.4 Å². The van der Waals surface area contributed by atoms with E-state index in [1.54, 1.807) is 10.6 Å². The molecule has 0 spiro atoms. The Morgan fingerprint density at radius 2 is 2.07 bits per heavy atom. The topological polar surface area (TPSA) is 131 Å². The summed E-state index contributed by atoms with van der Waals surface area (Å²) in [7, 11) is 0. The number of carboxylic acids is 1. The van der Waals surface area contributed by atoms with Crippen LogP contribution in [0.25, 0.3) is 10.9 Å². The number of benzene rings is 1. The van der Waals surface area contributed by atoms with Gasteiger partial charge in [0.1, 0.15) is 11.2 Å². The molecule has 2 aliphatic rings. The highest BCUT2D eigenvalue weighted by molar-refractivity contribution is 5.95. The van der Waals surface area contributed by atoms with Crippen molar-refractivity contribution in [1.29, 1.82) is 0 Å². The number of nitrogens with zero attached hydrogens (tertiary/aromatic N) is 2. The lowest BCUT2D eigenvalue weighted by atomic mass is 9.83. The van der Waals surface area contributed by atoms with Crippen molar-refractivity contribution in [2.24, 2.45) is 0 Å². The van der Waals surface area contributed by atoms with Gasteiger partial charge in [-0.1, -0.05) is 11.2 Å². The summed E-state index contributed by atoms with van der Waals surface area (Å²) in [4.78, 5) is 26.0. The number of aromatic amines is 1. The zero-order valence-corrected chi connectivity index (χ0v) is 16.7. The fourth-order valence-electron chi connectivity index (χ4n) is 4.84. The number of hydrogen-bond donors (Lipinski definition) is 3. The normalized spacial score (nSPS) is 28.0. The van der Waals surface area contributed by atoms with Crippen LogP contribution in [0.15, 0.2) is 33.6 Å². The lowest BCUT2D eigenvalue weighted by molar-refractivity contribution is -0.0592. The first-order valence-corrected chi connectivity index (χ1v) is 9.99. The molecule has 3 N–H and O–H groups in total. The zero-order chi connectivity index (χ0) is 21.3. The molecule has 1 aliphatic heterocycles. The molecule has 1 aliphatic carbocycles. The van der Waals surface area contributed by atoms with Crippen LogP contribution in [0.1, 0.15) is 60.9 Å². The number of H-pyrrole nitrogens is 1. The number of nitrogens with one attached hydrogen (secondary N) is 1. The van der Waals surface area contributed by atoms with E-state index in [1.165, 1.54) is 0 Å². The third-order valence-electron chi connectivity index (χ3n) is 6.36. The summed E-state index contributed by atoms with van der Waals surface area (Å²) in [6, 6.07) is 7.50. The minimum absolute atomic E-state index is 0.0230. The molecule has 30 heavy (non-hydrogen) atoms. The Bertz CT molecular complexity index is 1210. The van der Waals surface area contributed by atoms with E-state index in [1.807, 2.05) is 18.2 Å². The molecular formula is C21H23N3O6. The van der Waals surface area contributed by atoms with Gasteiger partial charge in [-0.25, -0.2) is 9.59 Å². The van der Waals surface area contributed by atoms with Crippen molar-refractivity contribution in [3.63, 3.8) is 0 Å². The van der Waals surface area contributed by atoms with Crippen LogP contribution in [0.2, 0.25) is 0 Å². The Kier molecular flexibility index (Phi) is 4.00. The van der Waals surface area contributed by atoms with Gasteiger partial charge in [0.2, 0.25) is 0 Å². The number of carboxylic acid groups (broad SMARTS) is 1. The number of aliphatic hydroxyl groups excluding tert-OH is 1. The zero-order valence-electron chi connectivity index (χ0n) is 16.7. The molecule has 1 aromatic carbocycles. The Morgan fingerprint density at radius 3 is 2.67 bits per heavy atom. The highest BCUT2D eigenvalue weighted by atomic mass is 16.5. The van der Waals surface area contributed by atoms with Gasteiger partial charge >= 0.3 is 11.7 Å². The van der Waals surface area contributed by atoms with Crippen LogP contribution in [0, 0.1) is 0 Å². The van der Waals surface area contributed by atoms with E-state index in [4.69, 9.17) is 4.74 Å². The van der Waals surface area contributed by atoms with Gasteiger partial charge in [-0.2, -0.15) is 0 Å². The summed E-state index contributed by atoms with van der Waals surface area (Å²) >= 11 is 0. The van der Waals surface area contributed by atoms with Crippen molar-refractivity contribution in [3.05, 3.63) is 51.9 Å². The molecule has 1 saturated carbocycles. The average Bonchev–Trinajstić information content (AvgIpc) is 3.03. The fourth-order valence-corrected chi connectivity index (χ4v) is 4.84. The number of carbonyl (C=O) groups is 1. The monoisotopic (exact) mass is 413 g/mol. The maximum Gasteiger partial charge on any atom is 0.438 e. The molecule has 9 heteroatoms. The molecule has 3 atom stereocenters. The van der Waals surface area contributed by atoms with Crippen LogP contribution in [0.4, 0.5) is 0 Å². The van der Waals surface area contributed by atoms with E-state index in [-0.39, 0.29) is 23.5 Å². The number of rotatable bonds is 4. The molecule has 5 rings (SSSR count). The minimum Gasteiger partial charge on any atom is -0.477 e. The van der Waals surface area contributed by atoms with Crippen LogP contribution in [0.3, 0.4) is 0 Å². The molecule has 0 bridgehead atoms. The first-order chi connectivity index (χ1) is 14.2. The van der Waals surface area contributed by atoms with Crippen molar-refractivity contribution < 1.29 is 24.3 Å². The number of fused-ring (bicyclic) bond motifs is 1. The molecule has 158 valence electrons. The number of aliphatic hydroxyl groups is 1. The standard InChI is InChI=1S/C21H23N3O6/c1-20(2)9-12(5-6-29-20)11-3-4-14-13(7-11)8-15(17(26)27)24(14)21(10-16(21)25)18-22-19(28)30-23-18/h3-4,7-8,12,16,25H,5-6,9-10H2,1-2H3,(H,26,27)(H,22,23,28)/t12-,16+,21+/m0/s1. The quantitative estimate of drug-likeness (QED) is 0.598. The Hall–Kier alpha value is -2.91. The molecule has 2 aromatic heterocycles. The number of ether oxygens (including phenoxy) is 1. The summed E-state index contributed by atoms with van der Waals surface area (Å²) in [5.74, 6) is -1.43. The first kappa shape index (κ1) is 19.1. The average molecular weight is 413 g/mol. The summed E-state index contributed by atoms with van der Waals surface area (Å²) in [6.07, 6.45) is 1.14. The van der Waals surface area contributed by atoms with Gasteiger partial charge in [-0.3, -0.25) is 9.51 Å². The van der Waals surface area contributed by atoms with Crippen LogP contribution >= 0.6 is 0 Å². The van der Waals surface area contributed by atoms with E-state index in [9.17, 15) is 19.8 Å². The smallest absolute Gasteiger partial charge is 0.438 e.